The molecule has 0 heterocycles. The van der Waals surface area contributed by atoms with Crippen molar-refractivity contribution >= 4 is 17.6 Å². The molecule has 3 aromatic rings. The summed E-state index contributed by atoms with van der Waals surface area (Å²) < 4.78 is 34.4. The van der Waals surface area contributed by atoms with Crippen LogP contribution in [0, 0.1) is 0 Å². The topological polar surface area (TPSA) is 64.6 Å². The van der Waals surface area contributed by atoms with Gasteiger partial charge in [0.05, 0.1) is 0 Å². The number of hydrogen-bond donors (Lipinski definition) is 1. The van der Waals surface area contributed by atoms with Gasteiger partial charge in [0.15, 0.2) is 0 Å². The number of amides is 1. The van der Waals surface area contributed by atoms with Crippen LogP contribution in [0.1, 0.15) is 20.7 Å². The number of carbonyl (C=O) groups is 2. The number of esters is 1. The average Bonchev–Trinajstić information content (AvgIpc) is 2.70. The molecule has 0 saturated heterocycles. The highest BCUT2D eigenvalue weighted by molar-refractivity contribution is 6.04. The fourth-order valence-corrected chi connectivity index (χ4v) is 2.40. The molecule has 0 aliphatic carbocycles. The Kier molecular flexibility index (Phi) is 5.96. The zero-order chi connectivity index (χ0) is 19.9. The Labute approximate surface area is 159 Å². The zero-order valence-corrected chi connectivity index (χ0v) is 14.5. The molecule has 0 unspecified atom stereocenters. The number of alkyl halides is 2. The maximum Gasteiger partial charge on any atom is 0.387 e. The van der Waals surface area contributed by atoms with Crippen LogP contribution in [0.25, 0.3) is 0 Å². The summed E-state index contributed by atoms with van der Waals surface area (Å²) in [6, 6.07) is 20.3. The Bertz CT molecular complexity index is 960. The Morgan fingerprint density at radius 2 is 1.46 bits per heavy atom. The van der Waals surface area contributed by atoms with Gasteiger partial charge < -0.3 is 14.8 Å². The summed E-state index contributed by atoms with van der Waals surface area (Å²) in [5, 5.41) is 2.72. The number of para-hydroxylation sites is 1. The zero-order valence-electron chi connectivity index (χ0n) is 14.5. The van der Waals surface area contributed by atoms with Crippen molar-refractivity contribution in [3.8, 4) is 11.5 Å². The van der Waals surface area contributed by atoms with E-state index >= 15 is 0 Å². The van der Waals surface area contributed by atoms with Crippen LogP contribution in [-0.4, -0.2) is 18.5 Å². The number of rotatable bonds is 6. The largest absolute Gasteiger partial charge is 0.434 e. The van der Waals surface area contributed by atoms with Gasteiger partial charge in [0, 0.05) is 11.3 Å². The third-order valence-electron chi connectivity index (χ3n) is 3.68. The quantitative estimate of drug-likeness (QED) is 0.492. The molecule has 142 valence electrons. The van der Waals surface area contributed by atoms with Crippen molar-refractivity contribution in [2.24, 2.45) is 0 Å². The van der Waals surface area contributed by atoms with E-state index in [4.69, 9.17) is 4.74 Å². The van der Waals surface area contributed by atoms with E-state index < -0.39 is 12.6 Å². The highest BCUT2D eigenvalue weighted by Gasteiger charge is 2.17. The molecule has 7 heteroatoms. The van der Waals surface area contributed by atoms with Gasteiger partial charge in [-0.05, 0) is 48.5 Å². The van der Waals surface area contributed by atoms with Crippen LogP contribution in [0.2, 0.25) is 0 Å². The lowest BCUT2D eigenvalue weighted by Gasteiger charge is -2.10. The number of ether oxygens (including phenoxy) is 2. The molecule has 0 spiro atoms. The van der Waals surface area contributed by atoms with Crippen molar-refractivity contribution in [2.75, 3.05) is 5.32 Å². The van der Waals surface area contributed by atoms with Gasteiger partial charge in [-0.2, -0.15) is 8.78 Å². The Morgan fingerprint density at radius 1 is 0.821 bits per heavy atom. The summed E-state index contributed by atoms with van der Waals surface area (Å²) in [6.45, 7) is -3.05. The van der Waals surface area contributed by atoms with E-state index in [1.807, 2.05) is 6.07 Å². The number of anilines is 1. The van der Waals surface area contributed by atoms with Gasteiger partial charge in [-0.15, -0.1) is 0 Å². The van der Waals surface area contributed by atoms with Gasteiger partial charge in [0.25, 0.3) is 5.91 Å². The summed E-state index contributed by atoms with van der Waals surface area (Å²) in [5.74, 6) is -1.19. The van der Waals surface area contributed by atoms with Crippen LogP contribution >= 0.6 is 0 Å². The molecule has 1 amide bonds. The lowest BCUT2D eigenvalue weighted by Crippen LogP contribution is -2.13. The van der Waals surface area contributed by atoms with Gasteiger partial charge in [0.1, 0.15) is 17.1 Å². The number of benzene rings is 3. The predicted molar refractivity (Wildman–Crippen MR) is 98.9 cm³/mol. The first-order chi connectivity index (χ1) is 13.5. The van der Waals surface area contributed by atoms with Crippen LogP contribution in [0.3, 0.4) is 0 Å². The van der Waals surface area contributed by atoms with Gasteiger partial charge in [-0.25, -0.2) is 4.79 Å². The fraction of sp³-hybridized carbons (Fsp3) is 0.0476. The van der Waals surface area contributed by atoms with Crippen LogP contribution < -0.4 is 14.8 Å². The van der Waals surface area contributed by atoms with Crippen LogP contribution in [0.15, 0.2) is 78.9 Å². The molecule has 1 N–H and O–H groups in total. The van der Waals surface area contributed by atoms with Crippen molar-refractivity contribution in [1.29, 1.82) is 0 Å². The van der Waals surface area contributed by atoms with Crippen LogP contribution in [-0.2, 0) is 0 Å². The van der Waals surface area contributed by atoms with E-state index in [1.54, 1.807) is 36.4 Å². The first kappa shape index (κ1) is 19.0. The van der Waals surface area contributed by atoms with E-state index in [-0.39, 0.29) is 23.0 Å². The third-order valence-corrected chi connectivity index (χ3v) is 3.68. The fourth-order valence-electron chi connectivity index (χ4n) is 2.40. The molecule has 28 heavy (non-hydrogen) atoms. The first-order valence-electron chi connectivity index (χ1n) is 8.25. The average molecular weight is 383 g/mol. The standard InChI is InChI=1S/C21H15F2NO4/c22-21(23)28-18-9-5-4-8-17(18)20(26)27-16-12-10-15(11-13-16)24-19(25)14-6-2-1-3-7-14/h1-13,21H,(H,24,25). The molecule has 0 fully saturated rings. The third kappa shape index (κ3) is 4.91. The minimum absolute atomic E-state index is 0.121. The van der Waals surface area contributed by atoms with Gasteiger partial charge in [-0.3, -0.25) is 4.79 Å². The second-order valence-electron chi connectivity index (χ2n) is 5.61. The van der Waals surface area contributed by atoms with Crippen molar-refractivity contribution in [3.63, 3.8) is 0 Å². The predicted octanol–water partition coefficient (Wildman–Crippen LogP) is 4.76. The van der Waals surface area contributed by atoms with E-state index in [2.05, 4.69) is 10.1 Å². The second-order valence-corrected chi connectivity index (χ2v) is 5.61. The molecule has 0 bridgehead atoms. The lowest BCUT2D eigenvalue weighted by molar-refractivity contribution is -0.0503. The summed E-state index contributed by atoms with van der Waals surface area (Å²) >= 11 is 0. The summed E-state index contributed by atoms with van der Waals surface area (Å²) in [7, 11) is 0. The van der Waals surface area contributed by atoms with E-state index in [0.717, 1.165) is 0 Å². The van der Waals surface area contributed by atoms with E-state index in [0.29, 0.717) is 11.3 Å². The van der Waals surface area contributed by atoms with Crippen molar-refractivity contribution < 1.29 is 27.8 Å². The van der Waals surface area contributed by atoms with Gasteiger partial charge in [-0.1, -0.05) is 30.3 Å². The highest BCUT2D eigenvalue weighted by atomic mass is 19.3. The molecule has 3 rings (SSSR count). The van der Waals surface area contributed by atoms with Crippen LogP contribution in [0.4, 0.5) is 14.5 Å². The Balaban J connectivity index is 1.66. The molecule has 0 atom stereocenters. The summed E-state index contributed by atoms with van der Waals surface area (Å²) in [4.78, 5) is 24.4. The number of halogens is 2. The summed E-state index contributed by atoms with van der Waals surface area (Å²) in [6.07, 6.45) is 0. The molecule has 0 aliphatic heterocycles. The maximum atomic E-state index is 12.5. The maximum absolute atomic E-state index is 12.5. The minimum Gasteiger partial charge on any atom is -0.434 e. The molecule has 5 nitrogen and oxygen atoms in total. The van der Waals surface area contributed by atoms with Crippen molar-refractivity contribution in [2.45, 2.75) is 6.61 Å². The van der Waals surface area contributed by atoms with Crippen LogP contribution in [0.5, 0.6) is 11.5 Å². The first-order valence-corrected chi connectivity index (χ1v) is 8.25. The Morgan fingerprint density at radius 3 is 2.14 bits per heavy atom. The number of hydrogen-bond acceptors (Lipinski definition) is 4. The number of nitrogens with one attached hydrogen (secondary N) is 1. The van der Waals surface area contributed by atoms with Gasteiger partial charge in [0.2, 0.25) is 0 Å². The number of carbonyl (C=O) groups excluding carboxylic acids is 2. The smallest absolute Gasteiger partial charge is 0.387 e. The SMILES string of the molecule is O=C(Nc1ccc(OC(=O)c2ccccc2OC(F)F)cc1)c1ccccc1. The minimum atomic E-state index is -3.05. The lowest BCUT2D eigenvalue weighted by atomic mass is 10.2. The van der Waals surface area contributed by atoms with Crippen molar-refractivity contribution in [1.82, 2.24) is 0 Å². The second kappa shape index (κ2) is 8.77. The van der Waals surface area contributed by atoms with Crippen molar-refractivity contribution in [3.05, 3.63) is 90.0 Å². The molecule has 0 saturated carbocycles. The highest BCUT2D eigenvalue weighted by Crippen LogP contribution is 2.23. The molecular formula is C21H15F2NO4. The van der Waals surface area contributed by atoms with Gasteiger partial charge >= 0.3 is 12.6 Å². The molecule has 0 aromatic heterocycles. The normalized spacial score (nSPS) is 10.4. The monoisotopic (exact) mass is 383 g/mol. The molecule has 3 aromatic carbocycles. The molecule has 0 radical (unpaired) electrons. The molecule has 0 aliphatic rings. The van der Waals surface area contributed by atoms with E-state index in [1.165, 1.54) is 36.4 Å². The van der Waals surface area contributed by atoms with E-state index in [9.17, 15) is 18.4 Å². The summed E-state index contributed by atoms with van der Waals surface area (Å²) in [5.41, 5.74) is 0.896. The molecular weight excluding hydrogens is 368 g/mol. The Hall–Kier alpha value is -3.74.